The third kappa shape index (κ3) is 2.16. The molecule has 0 bridgehead atoms. The summed E-state index contributed by atoms with van der Waals surface area (Å²) in [6.07, 6.45) is -3.43. The van der Waals surface area contributed by atoms with E-state index in [9.17, 15) is 22.0 Å². The van der Waals surface area contributed by atoms with Crippen molar-refractivity contribution in [2.24, 2.45) is 0 Å². The highest BCUT2D eigenvalue weighted by molar-refractivity contribution is 5.80. The highest BCUT2D eigenvalue weighted by atomic mass is 19.4. The first-order valence-corrected chi connectivity index (χ1v) is 5.22. The lowest BCUT2D eigenvalue weighted by molar-refractivity contribution is -0.141. The quantitative estimate of drug-likeness (QED) is 0.760. The van der Waals surface area contributed by atoms with E-state index in [1.165, 1.54) is 6.92 Å². The molecule has 0 aliphatic carbocycles. The molecule has 0 unspecified atom stereocenters. The first kappa shape index (κ1) is 12.8. The average Bonchev–Trinajstić information content (AvgIpc) is 2.59. The Morgan fingerprint density at radius 2 is 1.94 bits per heavy atom. The van der Waals surface area contributed by atoms with Crippen molar-refractivity contribution in [2.45, 2.75) is 26.1 Å². The van der Waals surface area contributed by atoms with E-state index in [2.05, 4.69) is 5.10 Å². The number of hydrogen-bond acceptors (Lipinski definition) is 1. The number of alkyl halides is 3. The van der Waals surface area contributed by atoms with Crippen molar-refractivity contribution in [1.29, 1.82) is 0 Å². The average molecular weight is 264 g/mol. The number of hydrogen-bond donors (Lipinski definition) is 0. The molecule has 0 saturated carbocycles. The number of halogens is 5. The van der Waals surface area contributed by atoms with Gasteiger partial charge in [-0.15, -0.1) is 0 Å². The molecule has 1 heterocycles. The maximum Gasteiger partial charge on any atom is 0.408 e. The largest absolute Gasteiger partial charge is 0.408 e. The molecule has 0 aliphatic heterocycles. The maximum atomic E-state index is 13.9. The predicted molar refractivity (Wildman–Crippen MR) is 55.1 cm³/mol. The molecule has 0 fully saturated rings. The van der Waals surface area contributed by atoms with Gasteiger partial charge in [-0.05, 0) is 12.5 Å². The molecule has 2 rings (SSSR count). The standard InChI is InChI=1S/C11H9F5N2/c1-2-7-8(12)3-6-4-17-18(5-11(14,15)16)10(6)9(7)13/h3-4H,2,5H2,1H3. The van der Waals surface area contributed by atoms with Crippen LogP contribution in [0.3, 0.4) is 0 Å². The van der Waals surface area contributed by atoms with Gasteiger partial charge in [-0.2, -0.15) is 18.3 Å². The minimum atomic E-state index is -4.51. The first-order chi connectivity index (χ1) is 8.33. The van der Waals surface area contributed by atoms with Gasteiger partial charge in [-0.25, -0.2) is 8.78 Å². The van der Waals surface area contributed by atoms with Gasteiger partial charge in [-0.1, -0.05) is 6.92 Å². The summed E-state index contributed by atoms with van der Waals surface area (Å²) in [7, 11) is 0. The Labute approximate surface area is 99.0 Å². The van der Waals surface area contributed by atoms with Crippen LogP contribution in [0.4, 0.5) is 22.0 Å². The van der Waals surface area contributed by atoms with E-state index in [1.807, 2.05) is 0 Å². The van der Waals surface area contributed by atoms with Gasteiger partial charge < -0.3 is 0 Å². The van der Waals surface area contributed by atoms with Crippen molar-refractivity contribution in [2.75, 3.05) is 0 Å². The Kier molecular flexibility index (Phi) is 3.00. The van der Waals surface area contributed by atoms with Gasteiger partial charge in [0.15, 0.2) is 5.82 Å². The minimum absolute atomic E-state index is 0.0199. The van der Waals surface area contributed by atoms with Crippen molar-refractivity contribution in [3.8, 4) is 0 Å². The Hall–Kier alpha value is -1.66. The second-order valence-electron chi connectivity index (χ2n) is 3.86. The highest BCUT2D eigenvalue weighted by Gasteiger charge is 2.30. The van der Waals surface area contributed by atoms with Crippen LogP contribution in [-0.4, -0.2) is 16.0 Å². The molecular formula is C11H9F5N2. The molecule has 1 aromatic carbocycles. The summed E-state index contributed by atoms with van der Waals surface area (Å²) in [5.74, 6) is -1.75. The summed E-state index contributed by atoms with van der Waals surface area (Å²) in [5.41, 5.74) is -0.544. The fourth-order valence-electron chi connectivity index (χ4n) is 1.83. The molecule has 18 heavy (non-hydrogen) atoms. The van der Waals surface area contributed by atoms with Gasteiger partial charge in [0.25, 0.3) is 0 Å². The van der Waals surface area contributed by atoms with Crippen molar-refractivity contribution in [3.05, 3.63) is 29.5 Å². The third-order valence-corrected chi connectivity index (χ3v) is 2.59. The fraction of sp³-hybridized carbons (Fsp3) is 0.364. The van der Waals surface area contributed by atoms with Crippen LogP contribution in [0.2, 0.25) is 0 Å². The van der Waals surface area contributed by atoms with Crippen LogP contribution in [0, 0.1) is 11.6 Å². The van der Waals surface area contributed by atoms with Crippen LogP contribution in [0.25, 0.3) is 10.9 Å². The normalized spacial score (nSPS) is 12.3. The Balaban J connectivity index is 2.64. The number of rotatable bonds is 2. The van der Waals surface area contributed by atoms with Crippen molar-refractivity contribution >= 4 is 10.9 Å². The lowest BCUT2D eigenvalue weighted by atomic mass is 10.1. The van der Waals surface area contributed by atoms with E-state index < -0.39 is 24.4 Å². The van der Waals surface area contributed by atoms with Gasteiger partial charge >= 0.3 is 6.18 Å². The van der Waals surface area contributed by atoms with Gasteiger partial charge in [0.05, 0.1) is 6.20 Å². The molecule has 7 heteroatoms. The van der Waals surface area contributed by atoms with Crippen LogP contribution in [0.5, 0.6) is 0 Å². The van der Waals surface area contributed by atoms with Crippen LogP contribution in [0.1, 0.15) is 12.5 Å². The van der Waals surface area contributed by atoms with Crippen LogP contribution >= 0.6 is 0 Å². The van der Waals surface area contributed by atoms with E-state index >= 15 is 0 Å². The Morgan fingerprint density at radius 1 is 1.28 bits per heavy atom. The molecule has 0 atom stereocenters. The molecule has 2 nitrogen and oxygen atoms in total. The van der Waals surface area contributed by atoms with Crippen molar-refractivity contribution in [1.82, 2.24) is 9.78 Å². The van der Waals surface area contributed by atoms with Gasteiger partial charge in [0.1, 0.15) is 17.9 Å². The zero-order valence-corrected chi connectivity index (χ0v) is 9.35. The van der Waals surface area contributed by atoms with E-state index in [-0.39, 0.29) is 22.9 Å². The smallest absolute Gasteiger partial charge is 0.253 e. The van der Waals surface area contributed by atoms with Crippen molar-refractivity contribution < 1.29 is 22.0 Å². The van der Waals surface area contributed by atoms with Gasteiger partial charge in [-0.3, -0.25) is 4.68 Å². The summed E-state index contributed by atoms with van der Waals surface area (Å²) >= 11 is 0. The molecule has 0 saturated heterocycles. The molecule has 2 aromatic rings. The third-order valence-electron chi connectivity index (χ3n) is 2.59. The SMILES string of the molecule is CCc1c(F)cc2cnn(CC(F)(F)F)c2c1F. The molecule has 1 aromatic heterocycles. The van der Waals surface area contributed by atoms with Crippen LogP contribution in [0.15, 0.2) is 12.3 Å². The van der Waals surface area contributed by atoms with E-state index in [0.29, 0.717) is 4.68 Å². The zero-order chi connectivity index (χ0) is 13.5. The van der Waals surface area contributed by atoms with Crippen LogP contribution in [-0.2, 0) is 13.0 Å². The fourth-order valence-corrected chi connectivity index (χ4v) is 1.83. The van der Waals surface area contributed by atoms with E-state index in [4.69, 9.17) is 0 Å². The maximum absolute atomic E-state index is 13.9. The van der Waals surface area contributed by atoms with Gasteiger partial charge in [0.2, 0.25) is 0 Å². The lowest BCUT2D eigenvalue weighted by Crippen LogP contribution is -2.19. The molecule has 98 valence electrons. The topological polar surface area (TPSA) is 17.8 Å². The van der Waals surface area contributed by atoms with Crippen molar-refractivity contribution in [3.63, 3.8) is 0 Å². The monoisotopic (exact) mass is 264 g/mol. The summed E-state index contributed by atoms with van der Waals surface area (Å²) in [5, 5.41) is 3.47. The highest BCUT2D eigenvalue weighted by Crippen LogP contribution is 2.27. The summed E-state index contributed by atoms with van der Waals surface area (Å²) in [4.78, 5) is 0. The van der Waals surface area contributed by atoms with E-state index in [0.717, 1.165) is 12.3 Å². The second kappa shape index (κ2) is 4.22. The predicted octanol–water partition coefficient (Wildman–Crippen LogP) is 3.44. The summed E-state index contributed by atoms with van der Waals surface area (Å²) < 4.78 is 64.7. The second-order valence-corrected chi connectivity index (χ2v) is 3.86. The minimum Gasteiger partial charge on any atom is -0.253 e. The summed E-state index contributed by atoms with van der Waals surface area (Å²) in [6, 6.07) is 0.997. The zero-order valence-electron chi connectivity index (χ0n) is 9.35. The van der Waals surface area contributed by atoms with E-state index in [1.54, 1.807) is 0 Å². The molecule has 0 spiro atoms. The molecule has 0 amide bonds. The van der Waals surface area contributed by atoms with Crippen LogP contribution < -0.4 is 0 Å². The summed E-state index contributed by atoms with van der Waals surface area (Å²) in [6.45, 7) is 0.125. The molecule has 0 N–H and O–H groups in total. The number of benzene rings is 1. The molecule has 0 aliphatic rings. The number of nitrogens with zero attached hydrogens (tertiary/aromatic N) is 2. The number of fused-ring (bicyclic) bond motifs is 1. The Morgan fingerprint density at radius 3 is 2.50 bits per heavy atom. The molecular weight excluding hydrogens is 255 g/mol. The number of aromatic nitrogens is 2. The lowest BCUT2D eigenvalue weighted by Gasteiger charge is -2.09. The first-order valence-electron chi connectivity index (χ1n) is 5.22. The van der Waals surface area contributed by atoms with Gasteiger partial charge in [0, 0.05) is 10.9 Å². The molecule has 0 radical (unpaired) electrons. The Bertz CT molecular complexity index is 585.